The molecule has 0 spiro atoms. The van der Waals surface area contributed by atoms with E-state index in [4.69, 9.17) is 0 Å². The summed E-state index contributed by atoms with van der Waals surface area (Å²) in [5, 5.41) is 0. The van der Waals surface area contributed by atoms with Crippen LogP contribution in [0, 0.1) is 0 Å². The number of rotatable bonds is 0. The van der Waals surface area contributed by atoms with Gasteiger partial charge in [-0.3, -0.25) is 0 Å². The second-order valence-corrected chi connectivity index (χ2v) is 15.5. The number of hydrogen-bond acceptors (Lipinski definition) is 0. The highest BCUT2D eigenvalue weighted by Gasteiger charge is 2.61. The second kappa shape index (κ2) is 6.06. The van der Waals surface area contributed by atoms with Crippen LogP contribution in [0.3, 0.4) is 0 Å². The molecule has 0 fully saturated rings. The molecule has 0 nitrogen and oxygen atoms in total. The van der Waals surface area contributed by atoms with Crippen molar-refractivity contribution in [1.29, 1.82) is 0 Å². The van der Waals surface area contributed by atoms with E-state index in [9.17, 15) is 0 Å². The Hall–Kier alpha value is -3.13. The molecule has 0 atom stereocenters. The van der Waals surface area contributed by atoms with Crippen LogP contribution in [0.25, 0.3) is 0 Å². The summed E-state index contributed by atoms with van der Waals surface area (Å²) in [6, 6.07) is 21.3. The molecule has 0 radical (unpaired) electrons. The minimum atomic E-state index is -2.87. The van der Waals surface area contributed by atoms with Crippen LogP contribution in [0.5, 0.6) is 0 Å². The Morgan fingerprint density at radius 2 is 0.550 bits per heavy atom. The molecule has 40 heavy (non-hydrogen) atoms. The molecular weight excluding hydrogens is 492 g/mol. The maximum Gasteiger partial charge on any atom is 0.229 e. The van der Waals surface area contributed by atoms with Gasteiger partial charge < -0.3 is 8.63 Å². The van der Waals surface area contributed by atoms with Gasteiger partial charge in [-0.15, -0.1) is 0 Å². The van der Waals surface area contributed by atoms with Gasteiger partial charge in [0.2, 0.25) is 12.8 Å². The van der Waals surface area contributed by atoms with Gasteiger partial charge >= 0.3 is 0 Å². The third kappa shape index (κ3) is 1.96. The lowest BCUT2D eigenvalue weighted by atomic mass is 9.09. The molecular formula is C36H34B2F2-2. The van der Waals surface area contributed by atoms with Crippen LogP contribution in [0.2, 0.25) is 0 Å². The van der Waals surface area contributed by atoms with Crippen molar-refractivity contribution in [1.82, 2.24) is 0 Å². The predicted octanol–water partition coefficient (Wildman–Crippen LogP) is 4.43. The molecule has 0 saturated heterocycles. The van der Waals surface area contributed by atoms with E-state index in [-0.39, 0.29) is 0 Å². The fourth-order valence-electron chi connectivity index (χ4n) is 10.8. The molecule has 0 saturated carbocycles. The van der Waals surface area contributed by atoms with E-state index in [0.717, 1.165) is 55.4 Å². The molecule has 5 aliphatic rings. The van der Waals surface area contributed by atoms with Crippen LogP contribution in [0.4, 0.5) is 8.63 Å². The molecule has 9 rings (SSSR count). The van der Waals surface area contributed by atoms with Crippen LogP contribution < -0.4 is 32.8 Å². The first-order valence-electron chi connectivity index (χ1n) is 15.0. The Labute approximate surface area is 236 Å². The van der Waals surface area contributed by atoms with Crippen LogP contribution in [-0.4, -0.2) is 12.8 Å². The van der Waals surface area contributed by atoms with Gasteiger partial charge in [-0.25, -0.2) is 0 Å². The number of halogens is 2. The highest BCUT2D eigenvalue weighted by molar-refractivity contribution is 7.23. The van der Waals surface area contributed by atoms with E-state index in [1.54, 1.807) is 0 Å². The summed E-state index contributed by atoms with van der Waals surface area (Å²) in [5.41, 5.74) is 10.6. The summed E-state index contributed by atoms with van der Waals surface area (Å²) in [7, 11) is 0. The summed E-state index contributed by atoms with van der Waals surface area (Å²) in [6.07, 6.45) is -5.74. The van der Waals surface area contributed by atoms with Gasteiger partial charge in [0.1, 0.15) is 0 Å². The highest BCUT2D eigenvalue weighted by Crippen LogP contribution is 2.50. The molecule has 0 aliphatic carbocycles. The minimum Gasteiger partial charge on any atom is -0.498 e. The highest BCUT2D eigenvalue weighted by atomic mass is 19.1. The summed E-state index contributed by atoms with van der Waals surface area (Å²) >= 11 is 0. The largest absolute Gasteiger partial charge is 0.498 e. The Morgan fingerprint density at radius 3 is 0.775 bits per heavy atom. The lowest BCUT2D eigenvalue weighted by molar-refractivity contribution is 0.595. The van der Waals surface area contributed by atoms with Gasteiger partial charge in [-0.1, -0.05) is 161 Å². The van der Waals surface area contributed by atoms with E-state index in [1.165, 1.54) is 0 Å². The Bertz CT molecular complexity index is 1680. The maximum absolute atomic E-state index is 19.3. The Balaban J connectivity index is 1.64. The van der Waals surface area contributed by atoms with Crippen molar-refractivity contribution in [3.63, 3.8) is 0 Å². The van der Waals surface area contributed by atoms with Crippen molar-refractivity contribution in [2.45, 2.75) is 77.0 Å². The van der Waals surface area contributed by atoms with Crippen molar-refractivity contribution >= 4 is 45.6 Å². The number of hydrogen-bond donors (Lipinski definition) is 0. The zero-order chi connectivity index (χ0) is 28.2. The standard InChI is InChI=1S/C36H34B2F2/c1-33(2)19-11-9-12-20-27(19)37(39)29-23(33)15-16-24-30(29)38(40)28-21(35(24,5)6)13-10-14-22(28)36(7,8)26-18-17-25(34(20,3)4)31(37)32(26)38/h9-18H,1-8H3/q-2. The summed E-state index contributed by atoms with van der Waals surface area (Å²) < 4.78 is 38.5. The van der Waals surface area contributed by atoms with Crippen molar-refractivity contribution in [2.75, 3.05) is 0 Å². The average Bonchev–Trinajstić information content (AvgIpc) is 2.91. The van der Waals surface area contributed by atoms with E-state index in [2.05, 4.69) is 116 Å². The topological polar surface area (TPSA) is 0 Å². The number of benzene rings is 4. The SMILES string of the molecule is CC1(C)c2cccc3c2[B-]2(F)c4c1ccc1c4[B-]4(F)c5c(cccc5C(C)(C)c5ccc(c2c54)C3(C)C)C1(C)C. The summed E-state index contributed by atoms with van der Waals surface area (Å²) in [6.45, 7) is 17.7. The average molecular weight is 526 g/mol. The van der Waals surface area contributed by atoms with Gasteiger partial charge in [0.15, 0.2) is 0 Å². The fraction of sp³-hybridized carbons (Fsp3) is 0.333. The van der Waals surface area contributed by atoms with Crippen molar-refractivity contribution < 1.29 is 8.63 Å². The maximum atomic E-state index is 19.3. The van der Waals surface area contributed by atoms with Gasteiger partial charge in [0, 0.05) is 21.7 Å². The smallest absolute Gasteiger partial charge is 0.229 e. The van der Waals surface area contributed by atoms with Gasteiger partial charge in [-0.2, -0.15) is 32.8 Å². The molecule has 5 heterocycles. The normalized spacial score (nSPS) is 23.4. The van der Waals surface area contributed by atoms with E-state index in [0.29, 0.717) is 21.9 Å². The van der Waals surface area contributed by atoms with Gasteiger partial charge in [-0.05, 0) is 0 Å². The van der Waals surface area contributed by atoms with E-state index >= 15 is 8.63 Å². The predicted molar refractivity (Wildman–Crippen MR) is 166 cm³/mol. The van der Waals surface area contributed by atoms with Crippen molar-refractivity contribution in [3.8, 4) is 0 Å². The summed E-state index contributed by atoms with van der Waals surface area (Å²) in [5.74, 6) is 0. The summed E-state index contributed by atoms with van der Waals surface area (Å²) in [4.78, 5) is 0. The first kappa shape index (κ1) is 23.6. The van der Waals surface area contributed by atoms with Crippen molar-refractivity contribution in [3.05, 3.63) is 105 Å². The lowest BCUT2D eigenvalue weighted by Gasteiger charge is -2.68. The molecule has 0 unspecified atom stereocenters. The monoisotopic (exact) mass is 526 g/mol. The fourth-order valence-corrected chi connectivity index (χ4v) is 10.8. The molecule has 4 aromatic carbocycles. The molecule has 4 heteroatoms. The van der Waals surface area contributed by atoms with Crippen LogP contribution in [-0.2, 0) is 21.7 Å². The molecule has 0 bridgehead atoms. The van der Waals surface area contributed by atoms with Gasteiger partial charge in [0.05, 0.1) is 0 Å². The van der Waals surface area contributed by atoms with Crippen LogP contribution in [0.1, 0.15) is 99.9 Å². The Kier molecular flexibility index (Phi) is 3.57. The molecule has 0 amide bonds. The van der Waals surface area contributed by atoms with Gasteiger partial charge in [0.25, 0.3) is 0 Å². The minimum absolute atomic E-state index is 0.444. The van der Waals surface area contributed by atoms with Crippen LogP contribution >= 0.6 is 0 Å². The van der Waals surface area contributed by atoms with Crippen molar-refractivity contribution in [2.24, 2.45) is 0 Å². The quantitative estimate of drug-likeness (QED) is 0.298. The second-order valence-electron chi connectivity index (χ2n) is 15.5. The first-order valence-corrected chi connectivity index (χ1v) is 15.0. The van der Waals surface area contributed by atoms with E-state index in [1.807, 2.05) is 0 Å². The zero-order valence-corrected chi connectivity index (χ0v) is 24.7. The zero-order valence-electron chi connectivity index (χ0n) is 24.7. The van der Waals surface area contributed by atoms with Crippen LogP contribution in [0.15, 0.2) is 60.7 Å². The molecule has 200 valence electrons. The Morgan fingerprint density at radius 1 is 0.350 bits per heavy atom. The third-order valence-electron chi connectivity index (χ3n) is 12.6. The molecule has 4 aromatic rings. The lowest BCUT2D eigenvalue weighted by Crippen LogP contribution is -2.93. The first-order chi connectivity index (χ1) is 18.6. The third-order valence-corrected chi connectivity index (χ3v) is 12.6. The molecule has 5 aliphatic heterocycles. The van der Waals surface area contributed by atoms with E-state index < -0.39 is 34.5 Å². The molecule has 0 aromatic heterocycles. The molecule has 0 N–H and O–H groups in total.